The predicted molar refractivity (Wildman–Crippen MR) is 114 cm³/mol. The Bertz CT molecular complexity index is 1000. The van der Waals surface area contributed by atoms with Gasteiger partial charge in [-0.2, -0.15) is 0 Å². The van der Waals surface area contributed by atoms with Gasteiger partial charge in [0.05, 0.1) is 0 Å². The molecular weight excluding hydrogens is 406 g/mol. The van der Waals surface area contributed by atoms with Crippen LogP contribution in [0.15, 0.2) is 59.1 Å². The van der Waals surface area contributed by atoms with Crippen LogP contribution in [0.3, 0.4) is 0 Å². The van der Waals surface area contributed by atoms with E-state index in [1.807, 2.05) is 0 Å². The van der Waals surface area contributed by atoms with Crippen LogP contribution in [0.5, 0.6) is 5.75 Å². The third-order valence-corrected chi connectivity index (χ3v) is 4.42. The molecule has 0 aliphatic heterocycles. The Kier molecular flexibility index (Phi) is 7.45. The molecule has 0 aliphatic carbocycles. The van der Waals surface area contributed by atoms with Crippen LogP contribution in [0, 0.1) is 0 Å². The van der Waals surface area contributed by atoms with E-state index in [1.54, 1.807) is 54.6 Å². The summed E-state index contributed by atoms with van der Waals surface area (Å²) in [6.07, 6.45) is 1.91. The van der Waals surface area contributed by atoms with Gasteiger partial charge in [0.1, 0.15) is 12.4 Å². The molecule has 2 aromatic carbocycles. The Morgan fingerprint density at radius 1 is 1.10 bits per heavy atom. The number of halogens is 1. The Balaban J connectivity index is 1.50. The average molecular weight is 428 g/mol. The molecule has 8 heteroatoms. The molecule has 3 rings (SSSR count). The summed E-state index contributed by atoms with van der Waals surface area (Å²) in [5.41, 5.74) is 1.32. The third kappa shape index (κ3) is 6.09. The minimum atomic E-state index is -0.266. The Labute approximate surface area is 179 Å². The van der Waals surface area contributed by atoms with Crippen molar-refractivity contribution in [3.05, 3.63) is 76.6 Å². The van der Waals surface area contributed by atoms with E-state index in [0.717, 1.165) is 12.8 Å². The Hall–Kier alpha value is -3.32. The highest BCUT2D eigenvalue weighted by Crippen LogP contribution is 2.19. The summed E-state index contributed by atoms with van der Waals surface area (Å²) in [5, 5.41) is 9.84. The highest BCUT2D eigenvalue weighted by Gasteiger charge is 2.12. The number of anilines is 1. The molecule has 2 N–H and O–H groups in total. The molecule has 0 radical (unpaired) electrons. The second-order valence-corrected chi connectivity index (χ2v) is 7.00. The summed E-state index contributed by atoms with van der Waals surface area (Å²) in [6, 6.07) is 15.2. The standard InChI is InChI=1S/C22H22ClN3O4/c1-2-3-11-24-22(28)20-13-19(30-26-20)14-29-18-9-7-17(8-10-18)25-21(27)15-5-4-6-16(23)12-15/h4-10,12-13H,2-3,11,14H2,1H3,(H,24,28)(H,25,27). The molecule has 156 valence electrons. The van der Waals surface area contributed by atoms with Crippen molar-refractivity contribution in [3.63, 3.8) is 0 Å². The van der Waals surface area contributed by atoms with E-state index in [2.05, 4.69) is 22.7 Å². The quantitative estimate of drug-likeness (QED) is 0.483. The van der Waals surface area contributed by atoms with Gasteiger partial charge in [0.2, 0.25) is 0 Å². The van der Waals surface area contributed by atoms with Crippen molar-refractivity contribution < 1.29 is 18.8 Å². The first-order chi connectivity index (χ1) is 14.5. The molecule has 0 unspecified atom stereocenters. The van der Waals surface area contributed by atoms with E-state index in [0.29, 0.717) is 34.3 Å². The van der Waals surface area contributed by atoms with Crippen LogP contribution in [-0.4, -0.2) is 23.5 Å². The van der Waals surface area contributed by atoms with Crippen LogP contribution in [0.2, 0.25) is 5.02 Å². The molecule has 0 saturated carbocycles. The summed E-state index contributed by atoms with van der Waals surface area (Å²) in [4.78, 5) is 24.2. The summed E-state index contributed by atoms with van der Waals surface area (Å²) in [6.45, 7) is 2.79. The van der Waals surface area contributed by atoms with Gasteiger partial charge in [-0.1, -0.05) is 36.2 Å². The van der Waals surface area contributed by atoms with Crippen LogP contribution >= 0.6 is 11.6 Å². The van der Waals surface area contributed by atoms with Gasteiger partial charge in [-0.25, -0.2) is 0 Å². The fourth-order valence-corrected chi connectivity index (χ4v) is 2.77. The summed E-state index contributed by atoms with van der Waals surface area (Å²) < 4.78 is 10.8. The molecular formula is C22H22ClN3O4. The molecule has 30 heavy (non-hydrogen) atoms. The second kappa shape index (κ2) is 10.5. The molecule has 3 aromatic rings. The molecule has 0 fully saturated rings. The molecule has 1 heterocycles. The molecule has 0 bridgehead atoms. The maximum Gasteiger partial charge on any atom is 0.273 e. The van der Waals surface area contributed by atoms with Gasteiger partial charge in [-0.15, -0.1) is 0 Å². The van der Waals surface area contributed by atoms with Crippen LogP contribution in [0.25, 0.3) is 0 Å². The number of carbonyl (C=O) groups is 2. The number of ether oxygens (including phenoxy) is 1. The molecule has 0 atom stereocenters. The van der Waals surface area contributed by atoms with Gasteiger partial charge in [0, 0.05) is 28.9 Å². The van der Waals surface area contributed by atoms with Gasteiger partial charge < -0.3 is 19.9 Å². The number of carbonyl (C=O) groups excluding carboxylic acids is 2. The predicted octanol–water partition coefficient (Wildman–Crippen LogP) is 4.69. The Morgan fingerprint density at radius 2 is 1.90 bits per heavy atom. The van der Waals surface area contributed by atoms with E-state index < -0.39 is 0 Å². The third-order valence-electron chi connectivity index (χ3n) is 4.19. The highest BCUT2D eigenvalue weighted by atomic mass is 35.5. The second-order valence-electron chi connectivity index (χ2n) is 6.57. The van der Waals surface area contributed by atoms with Crippen molar-refractivity contribution in [2.75, 3.05) is 11.9 Å². The lowest BCUT2D eigenvalue weighted by atomic mass is 10.2. The molecule has 7 nitrogen and oxygen atoms in total. The minimum absolute atomic E-state index is 0.128. The van der Waals surface area contributed by atoms with E-state index in [1.165, 1.54) is 0 Å². The van der Waals surface area contributed by atoms with E-state index >= 15 is 0 Å². The zero-order valence-corrected chi connectivity index (χ0v) is 17.2. The number of amides is 2. The number of hydrogen-bond donors (Lipinski definition) is 2. The first-order valence-corrected chi connectivity index (χ1v) is 9.96. The molecule has 0 aliphatic rings. The largest absolute Gasteiger partial charge is 0.486 e. The van der Waals surface area contributed by atoms with Crippen molar-refractivity contribution >= 4 is 29.1 Å². The molecule has 2 amide bonds. The number of hydrogen-bond acceptors (Lipinski definition) is 5. The average Bonchev–Trinajstić information content (AvgIpc) is 3.22. The van der Waals surface area contributed by atoms with Crippen molar-refractivity contribution in [1.82, 2.24) is 10.5 Å². The normalized spacial score (nSPS) is 10.5. The number of unbranched alkanes of at least 4 members (excludes halogenated alkanes) is 1. The van der Waals surface area contributed by atoms with Crippen LogP contribution in [0.1, 0.15) is 46.4 Å². The van der Waals surface area contributed by atoms with Gasteiger partial charge in [0.25, 0.3) is 11.8 Å². The first kappa shape index (κ1) is 21.4. The molecule has 1 aromatic heterocycles. The van der Waals surface area contributed by atoms with Gasteiger partial charge in [-0.05, 0) is 48.9 Å². The molecule has 0 saturated heterocycles. The maximum atomic E-state index is 12.2. The minimum Gasteiger partial charge on any atom is -0.486 e. The maximum absolute atomic E-state index is 12.2. The lowest BCUT2D eigenvalue weighted by Gasteiger charge is -2.07. The van der Waals surface area contributed by atoms with Gasteiger partial charge in [0.15, 0.2) is 11.5 Å². The fraction of sp³-hybridized carbons (Fsp3) is 0.227. The summed E-state index contributed by atoms with van der Waals surface area (Å²) in [7, 11) is 0. The highest BCUT2D eigenvalue weighted by molar-refractivity contribution is 6.31. The van der Waals surface area contributed by atoms with Crippen molar-refractivity contribution in [3.8, 4) is 5.75 Å². The van der Waals surface area contributed by atoms with E-state index in [-0.39, 0.29) is 24.1 Å². The van der Waals surface area contributed by atoms with Crippen LogP contribution < -0.4 is 15.4 Å². The van der Waals surface area contributed by atoms with E-state index in [9.17, 15) is 9.59 Å². The lowest BCUT2D eigenvalue weighted by Crippen LogP contribution is -2.24. The van der Waals surface area contributed by atoms with Gasteiger partial charge >= 0.3 is 0 Å². The smallest absolute Gasteiger partial charge is 0.273 e. The number of aromatic nitrogens is 1. The zero-order chi connectivity index (χ0) is 21.3. The van der Waals surface area contributed by atoms with E-state index in [4.69, 9.17) is 20.9 Å². The number of nitrogens with one attached hydrogen (secondary N) is 2. The summed E-state index contributed by atoms with van der Waals surface area (Å²) >= 11 is 5.91. The van der Waals surface area contributed by atoms with Crippen molar-refractivity contribution in [2.24, 2.45) is 0 Å². The Morgan fingerprint density at radius 3 is 2.63 bits per heavy atom. The number of rotatable bonds is 9. The lowest BCUT2D eigenvalue weighted by molar-refractivity contribution is 0.0943. The number of benzene rings is 2. The van der Waals surface area contributed by atoms with Crippen LogP contribution in [0.4, 0.5) is 5.69 Å². The summed E-state index contributed by atoms with van der Waals surface area (Å²) in [5.74, 6) is 0.505. The van der Waals surface area contributed by atoms with Crippen molar-refractivity contribution in [2.45, 2.75) is 26.4 Å². The first-order valence-electron chi connectivity index (χ1n) is 9.58. The fourth-order valence-electron chi connectivity index (χ4n) is 2.58. The monoisotopic (exact) mass is 427 g/mol. The number of nitrogens with zero attached hydrogens (tertiary/aromatic N) is 1. The topological polar surface area (TPSA) is 93.5 Å². The zero-order valence-electron chi connectivity index (χ0n) is 16.5. The van der Waals surface area contributed by atoms with Gasteiger partial charge in [-0.3, -0.25) is 9.59 Å². The van der Waals surface area contributed by atoms with Crippen LogP contribution in [-0.2, 0) is 6.61 Å². The molecule has 0 spiro atoms. The SMILES string of the molecule is CCCCNC(=O)c1cc(COc2ccc(NC(=O)c3cccc(Cl)c3)cc2)on1. The van der Waals surface area contributed by atoms with Crippen molar-refractivity contribution in [1.29, 1.82) is 0 Å².